The lowest BCUT2D eigenvalue weighted by Crippen LogP contribution is -2.47. The predicted molar refractivity (Wildman–Crippen MR) is 63.7 cm³/mol. The van der Waals surface area contributed by atoms with E-state index in [9.17, 15) is 9.59 Å². The maximum Gasteiger partial charge on any atom is 0.317 e. The second-order valence-corrected chi connectivity index (χ2v) is 4.02. The molecule has 17 heavy (non-hydrogen) atoms. The number of urea groups is 1. The van der Waals surface area contributed by atoms with Gasteiger partial charge in [-0.15, -0.1) is 0 Å². The van der Waals surface area contributed by atoms with E-state index in [0.29, 0.717) is 19.5 Å². The number of rotatable bonds is 7. The molecule has 0 aliphatic heterocycles. The highest BCUT2D eigenvalue weighted by molar-refractivity contribution is 5.76. The molecule has 3 N–H and O–H groups in total. The maximum absolute atomic E-state index is 11.8. The van der Waals surface area contributed by atoms with Gasteiger partial charge >= 0.3 is 12.0 Å². The highest BCUT2D eigenvalue weighted by Crippen LogP contribution is 2.03. The molecule has 0 aromatic heterocycles. The minimum Gasteiger partial charge on any atom is -0.481 e. The van der Waals surface area contributed by atoms with Gasteiger partial charge in [0.2, 0.25) is 0 Å². The fraction of sp³-hybridized carbons (Fsp3) is 0.818. The molecule has 2 unspecified atom stereocenters. The van der Waals surface area contributed by atoms with Crippen molar-refractivity contribution in [3.05, 3.63) is 0 Å². The molecule has 6 heteroatoms. The SMILES string of the molecule is CCN(CCCO)C(=O)NC(C)C(C)C(=O)O. The first-order valence-electron chi connectivity index (χ1n) is 5.83. The van der Waals surface area contributed by atoms with Crippen molar-refractivity contribution in [2.45, 2.75) is 33.2 Å². The summed E-state index contributed by atoms with van der Waals surface area (Å²) in [6, 6.07) is -0.718. The lowest BCUT2D eigenvalue weighted by Gasteiger charge is -2.25. The first kappa shape index (κ1) is 15.7. The first-order chi connectivity index (χ1) is 7.93. The van der Waals surface area contributed by atoms with Crippen LogP contribution in [-0.4, -0.2) is 52.9 Å². The van der Waals surface area contributed by atoms with Gasteiger partial charge in [-0.3, -0.25) is 4.79 Å². The number of carbonyl (C=O) groups is 2. The predicted octanol–water partition coefficient (Wildman–Crippen LogP) is 0.509. The topological polar surface area (TPSA) is 89.9 Å². The smallest absolute Gasteiger partial charge is 0.317 e. The van der Waals surface area contributed by atoms with Crippen LogP contribution in [0.2, 0.25) is 0 Å². The number of aliphatic hydroxyl groups is 1. The highest BCUT2D eigenvalue weighted by atomic mass is 16.4. The molecule has 0 saturated carbocycles. The first-order valence-corrected chi connectivity index (χ1v) is 5.83. The molecular weight excluding hydrogens is 224 g/mol. The molecule has 0 aliphatic rings. The summed E-state index contributed by atoms with van der Waals surface area (Å²) in [6.45, 7) is 6.08. The molecule has 0 radical (unpaired) electrons. The molecule has 0 aliphatic carbocycles. The number of hydrogen-bond acceptors (Lipinski definition) is 3. The fourth-order valence-electron chi connectivity index (χ4n) is 1.29. The molecule has 0 rings (SSSR count). The van der Waals surface area contributed by atoms with Gasteiger partial charge in [0.1, 0.15) is 0 Å². The Morgan fingerprint density at radius 1 is 1.35 bits per heavy atom. The molecular formula is C11H22N2O4. The van der Waals surface area contributed by atoms with Crippen LogP contribution in [0, 0.1) is 5.92 Å². The van der Waals surface area contributed by atoms with Crippen LogP contribution in [0.4, 0.5) is 4.79 Å². The lowest BCUT2D eigenvalue weighted by molar-refractivity contribution is -0.141. The molecule has 2 atom stereocenters. The van der Waals surface area contributed by atoms with E-state index in [1.54, 1.807) is 18.7 Å². The summed E-state index contributed by atoms with van der Waals surface area (Å²) in [5, 5.41) is 20.1. The molecule has 0 spiro atoms. The van der Waals surface area contributed by atoms with Crippen LogP contribution in [0.3, 0.4) is 0 Å². The molecule has 100 valence electrons. The largest absolute Gasteiger partial charge is 0.481 e. The highest BCUT2D eigenvalue weighted by Gasteiger charge is 2.22. The van der Waals surface area contributed by atoms with Crippen molar-refractivity contribution in [2.75, 3.05) is 19.7 Å². The van der Waals surface area contributed by atoms with Gasteiger partial charge in [-0.2, -0.15) is 0 Å². The van der Waals surface area contributed by atoms with Gasteiger partial charge in [0.05, 0.1) is 5.92 Å². The Kier molecular flexibility index (Phi) is 7.29. The lowest BCUT2D eigenvalue weighted by atomic mass is 10.0. The Balaban J connectivity index is 4.25. The van der Waals surface area contributed by atoms with Gasteiger partial charge in [-0.05, 0) is 27.2 Å². The van der Waals surface area contributed by atoms with Gasteiger partial charge in [0, 0.05) is 25.7 Å². The third kappa shape index (κ3) is 5.53. The number of nitrogens with one attached hydrogen (secondary N) is 1. The van der Waals surface area contributed by atoms with E-state index >= 15 is 0 Å². The fourth-order valence-corrected chi connectivity index (χ4v) is 1.29. The summed E-state index contributed by atoms with van der Waals surface area (Å²) in [5.74, 6) is -1.56. The van der Waals surface area contributed by atoms with Crippen LogP contribution < -0.4 is 5.32 Å². The average Bonchev–Trinajstić information content (AvgIpc) is 2.28. The van der Waals surface area contributed by atoms with Crippen LogP contribution >= 0.6 is 0 Å². The molecule has 0 aromatic rings. The van der Waals surface area contributed by atoms with Gasteiger partial charge in [0.15, 0.2) is 0 Å². The number of aliphatic hydroxyl groups excluding tert-OH is 1. The van der Waals surface area contributed by atoms with E-state index in [1.165, 1.54) is 0 Å². The number of aliphatic carboxylic acids is 1. The second-order valence-electron chi connectivity index (χ2n) is 4.02. The molecule has 0 aromatic carbocycles. The summed E-state index contributed by atoms with van der Waals surface area (Å²) in [4.78, 5) is 24.0. The van der Waals surface area contributed by atoms with E-state index in [4.69, 9.17) is 10.2 Å². The van der Waals surface area contributed by atoms with Gasteiger partial charge < -0.3 is 20.4 Å². The van der Waals surface area contributed by atoms with Crippen molar-refractivity contribution in [2.24, 2.45) is 5.92 Å². The Hall–Kier alpha value is -1.30. The molecule has 0 fully saturated rings. The molecule has 0 saturated heterocycles. The minimum absolute atomic E-state index is 0.0326. The van der Waals surface area contributed by atoms with Crippen LogP contribution in [-0.2, 0) is 4.79 Å². The van der Waals surface area contributed by atoms with Crippen molar-refractivity contribution < 1.29 is 19.8 Å². The van der Waals surface area contributed by atoms with Crippen molar-refractivity contribution in [3.8, 4) is 0 Å². The zero-order valence-corrected chi connectivity index (χ0v) is 10.6. The van der Waals surface area contributed by atoms with Crippen LogP contribution in [0.5, 0.6) is 0 Å². The van der Waals surface area contributed by atoms with E-state index in [2.05, 4.69) is 5.32 Å². The Morgan fingerprint density at radius 3 is 2.35 bits per heavy atom. The summed E-state index contributed by atoms with van der Waals surface area (Å²) >= 11 is 0. The van der Waals surface area contributed by atoms with E-state index in [1.807, 2.05) is 6.92 Å². The third-order valence-electron chi connectivity index (χ3n) is 2.75. The second kappa shape index (κ2) is 7.89. The Labute approximate surface area is 102 Å². The Bertz CT molecular complexity index is 258. The van der Waals surface area contributed by atoms with E-state index in [0.717, 1.165) is 0 Å². The van der Waals surface area contributed by atoms with Gasteiger partial charge in [0.25, 0.3) is 0 Å². The third-order valence-corrected chi connectivity index (χ3v) is 2.75. The van der Waals surface area contributed by atoms with Crippen LogP contribution in [0.1, 0.15) is 27.2 Å². The summed E-state index contributed by atoms with van der Waals surface area (Å²) in [7, 11) is 0. The van der Waals surface area contributed by atoms with Crippen molar-refractivity contribution in [1.82, 2.24) is 10.2 Å². The standard InChI is InChI=1S/C11H22N2O4/c1-4-13(6-5-7-14)11(17)12-9(3)8(2)10(15)16/h8-9,14H,4-7H2,1-3H3,(H,12,17)(H,15,16). The molecule has 2 amide bonds. The van der Waals surface area contributed by atoms with Crippen LogP contribution in [0.15, 0.2) is 0 Å². The zero-order chi connectivity index (χ0) is 13.4. The average molecular weight is 246 g/mol. The van der Waals surface area contributed by atoms with Gasteiger partial charge in [-0.25, -0.2) is 4.79 Å². The Morgan fingerprint density at radius 2 is 1.94 bits per heavy atom. The van der Waals surface area contributed by atoms with Crippen molar-refractivity contribution >= 4 is 12.0 Å². The van der Waals surface area contributed by atoms with Gasteiger partial charge in [-0.1, -0.05) is 0 Å². The quantitative estimate of drug-likeness (QED) is 0.610. The number of carboxylic acid groups (broad SMARTS) is 1. The van der Waals surface area contributed by atoms with E-state index in [-0.39, 0.29) is 12.6 Å². The number of amides is 2. The number of carboxylic acids is 1. The summed E-state index contributed by atoms with van der Waals surface area (Å²) in [6.07, 6.45) is 0.518. The normalized spacial score (nSPS) is 13.9. The number of carbonyl (C=O) groups excluding carboxylic acids is 1. The van der Waals surface area contributed by atoms with E-state index < -0.39 is 17.9 Å². The molecule has 6 nitrogen and oxygen atoms in total. The number of nitrogens with zero attached hydrogens (tertiary/aromatic N) is 1. The maximum atomic E-state index is 11.8. The zero-order valence-electron chi connectivity index (χ0n) is 10.6. The number of hydrogen-bond donors (Lipinski definition) is 3. The van der Waals surface area contributed by atoms with Crippen molar-refractivity contribution in [1.29, 1.82) is 0 Å². The minimum atomic E-state index is -0.934. The molecule has 0 heterocycles. The molecule has 0 bridgehead atoms. The van der Waals surface area contributed by atoms with Crippen LogP contribution in [0.25, 0.3) is 0 Å². The monoisotopic (exact) mass is 246 g/mol. The van der Waals surface area contributed by atoms with Crippen molar-refractivity contribution in [3.63, 3.8) is 0 Å². The summed E-state index contributed by atoms with van der Waals surface area (Å²) in [5.41, 5.74) is 0. The summed E-state index contributed by atoms with van der Waals surface area (Å²) < 4.78 is 0.